The minimum Gasteiger partial charge on any atom is -0.481 e. The zero-order valence-electron chi connectivity index (χ0n) is 29.1. The Kier molecular flexibility index (Phi) is 13.6. The normalized spacial score (nSPS) is 10.6. The largest absolute Gasteiger partial charge is 0.481 e. The standard InChI is InChI=1S/C22H20ClNO3.C21H18ClNO3/c1-27-22(26)12-7-16-3-2-4-18(13-16)19-8-11-21(25)24(15-19)14-17-5-9-20(23)10-6-17;22-19-9-3-16(4-10-19)13-23-14-18(8-11-20(23)24)17-6-1-15(2-7-17)5-12-21(25)26/h2-6,8-11,13,15H,7,12,14H2,1H3;1-4,6-11,14H,5,12-13H2,(H,25,26). The van der Waals surface area contributed by atoms with Gasteiger partial charge in [0.05, 0.1) is 20.2 Å². The number of aromatic nitrogens is 2. The monoisotopic (exact) mass is 748 g/mol. The lowest BCUT2D eigenvalue weighted by molar-refractivity contribution is -0.140. The average Bonchev–Trinajstić information content (AvgIpc) is 3.17. The van der Waals surface area contributed by atoms with Gasteiger partial charge in [-0.3, -0.25) is 19.2 Å². The first-order chi connectivity index (χ1) is 25.6. The molecule has 0 fully saturated rings. The Bertz CT molecular complexity index is 2280. The molecule has 2 heterocycles. The molecule has 0 aliphatic rings. The average molecular weight is 750 g/mol. The number of carbonyl (C=O) groups is 2. The van der Waals surface area contributed by atoms with Gasteiger partial charge in [0.1, 0.15) is 0 Å². The van der Waals surface area contributed by atoms with Crippen molar-refractivity contribution in [1.82, 2.24) is 9.13 Å². The molecule has 10 heteroatoms. The summed E-state index contributed by atoms with van der Waals surface area (Å²) in [5, 5.41) is 10.1. The lowest BCUT2D eigenvalue weighted by Gasteiger charge is -2.10. The number of aliphatic carboxylic acids is 1. The van der Waals surface area contributed by atoms with Crippen LogP contribution in [0.2, 0.25) is 10.0 Å². The summed E-state index contributed by atoms with van der Waals surface area (Å²) in [4.78, 5) is 46.4. The van der Waals surface area contributed by atoms with E-state index in [9.17, 15) is 19.2 Å². The molecule has 270 valence electrons. The lowest BCUT2D eigenvalue weighted by Crippen LogP contribution is -2.19. The van der Waals surface area contributed by atoms with Crippen LogP contribution in [0.4, 0.5) is 0 Å². The molecule has 6 rings (SSSR count). The molecule has 8 nitrogen and oxygen atoms in total. The number of carboxylic acids is 1. The summed E-state index contributed by atoms with van der Waals surface area (Å²) in [5.41, 5.74) is 7.77. The highest BCUT2D eigenvalue weighted by atomic mass is 35.5. The summed E-state index contributed by atoms with van der Waals surface area (Å²) in [6, 6.07) is 37.3. The van der Waals surface area contributed by atoms with Gasteiger partial charge in [-0.05, 0) is 93.7 Å². The van der Waals surface area contributed by atoms with Crippen LogP contribution in [0.3, 0.4) is 0 Å². The Morgan fingerprint density at radius 2 is 1.04 bits per heavy atom. The number of benzene rings is 4. The second-order valence-electron chi connectivity index (χ2n) is 12.4. The van der Waals surface area contributed by atoms with Crippen LogP contribution in [0.5, 0.6) is 0 Å². The molecule has 0 bridgehead atoms. The van der Waals surface area contributed by atoms with Gasteiger partial charge in [-0.15, -0.1) is 0 Å². The van der Waals surface area contributed by atoms with Crippen molar-refractivity contribution in [3.05, 3.63) is 187 Å². The molecule has 0 saturated heterocycles. The molecule has 0 spiro atoms. The summed E-state index contributed by atoms with van der Waals surface area (Å²) in [5.74, 6) is -1.03. The van der Waals surface area contributed by atoms with E-state index in [0.29, 0.717) is 42.4 Å². The van der Waals surface area contributed by atoms with Crippen LogP contribution in [-0.2, 0) is 40.3 Å². The minimum absolute atomic E-state index is 0.0597. The maximum absolute atomic E-state index is 12.2. The second-order valence-corrected chi connectivity index (χ2v) is 13.3. The van der Waals surface area contributed by atoms with Gasteiger partial charge in [0.25, 0.3) is 11.1 Å². The molecular weight excluding hydrogens is 711 g/mol. The molecule has 2 aromatic heterocycles. The zero-order chi connectivity index (χ0) is 37.7. The van der Waals surface area contributed by atoms with E-state index in [2.05, 4.69) is 0 Å². The van der Waals surface area contributed by atoms with Crippen molar-refractivity contribution in [3.63, 3.8) is 0 Å². The van der Waals surface area contributed by atoms with E-state index >= 15 is 0 Å². The van der Waals surface area contributed by atoms with Crippen molar-refractivity contribution in [2.45, 2.75) is 38.8 Å². The number of pyridine rings is 2. The molecule has 4 aromatic carbocycles. The molecule has 0 radical (unpaired) electrons. The Balaban J connectivity index is 0.000000204. The van der Waals surface area contributed by atoms with Gasteiger partial charge in [0.2, 0.25) is 0 Å². The number of ether oxygens (including phenoxy) is 1. The molecule has 6 aromatic rings. The van der Waals surface area contributed by atoms with Gasteiger partial charge in [-0.2, -0.15) is 0 Å². The Morgan fingerprint density at radius 1 is 0.566 bits per heavy atom. The fourth-order valence-electron chi connectivity index (χ4n) is 5.59. The molecule has 0 unspecified atom stereocenters. The number of nitrogens with zero attached hydrogens (tertiary/aromatic N) is 2. The predicted molar refractivity (Wildman–Crippen MR) is 210 cm³/mol. The van der Waals surface area contributed by atoms with E-state index in [1.807, 2.05) is 116 Å². The highest BCUT2D eigenvalue weighted by Gasteiger charge is 2.07. The predicted octanol–water partition coefficient (Wildman–Crippen LogP) is 8.56. The van der Waals surface area contributed by atoms with Crippen LogP contribution < -0.4 is 11.1 Å². The summed E-state index contributed by atoms with van der Waals surface area (Å²) < 4.78 is 8.04. The van der Waals surface area contributed by atoms with E-state index in [-0.39, 0.29) is 23.5 Å². The number of hydrogen-bond acceptors (Lipinski definition) is 5. The van der Waals surface area contributed by atoms with Gasteiger partial charge in [0.15, 0.2) is 0 Å². The summed E-state index contributed by atoms with van der Waals surface area (Å²) in [6.07, 6.45) is 5.28. The first-order valence-electron chi connectivity index (χ1n) is 16.9. The van der Waals surface area contributed by atoms with E-state index in [4.69, 9.17) is 33.0 Å². The summed E-state index contributed by atoms with van der Waals surface area (Å²) in [6.45, 7) is 0.951. The highest BCUT2D eigenvalue weighted by molar-refractivity contribution is 6.30. The summed E-state index contributed by atoms with van der Waals surface area (Å²) >= 11 is 11.8. The second kappa shape index (κ2) is 18.7. The SMILES string of the molecule is COC(=O)CCc1cccc(-c2ccc(=O)n(Cc3ccc(Cl)cc3)c2)c1.O=C(O)CCc1ccc(-c2ccc(=O)n(Cc3ccc(Cl)cc3)c2)cc1. The van der Waals surface area contributed by atoms with Crippen LogP contribution in [0, 0.1) is 0 Å². The molecular formula is C43H38Cl2N2O6. The summed E-state index contributed by atoms with van der Waals surface area (Å²) in [7, 11) is 1.39. The number of carbonyl (C=O) groups excluding carboxylic acids is 1. The minimum atomic E-state index is -0.802. The molecule has 1 N–H and O–H groups in total. The molecule has 0 amide bonds. The first-order valence-corrected chi connectivity index (χ1v) is 17.7. The van der Waals surface area contributed by atoms with Gasteiger partial charge in [-0.1, -0.05) is 96.0 Å². The van der Waals surface area contributed by atoms with Crippen molar-refractivity contribution in [3.8, 4) is 22.3 Å². The number of aryl methyl sites for hydroxylation is 2. The number of carboxylic acid groups (broad SMARTS) is 1. The first kappa shape index (κ1) is 38.5. The van der Waals surface area contributed by atoms with Crippen molar-refractivity contribution in [1.29, 1.82) is 0 Å². The molecule has 53 heavy (non-hydrogen) atoms. The Morgan fingerprint density at radius 3 is 1.55 bits per heavy atom. The molecule has 0 saturated carbocycles. The van der Waals surface area contributed by atoms with Crippen LogP contribution in [0.15, 0.2) is 143 Å². The number of hydrogen-bond donors (Lipinski definition) is 1. The fraction of sp³-hybridized carbons (Fsp3) is 0.163. The smallest absolute Gasteiger partial charge is 0.305 e. The van der Waals surface area contributed by atoms with Crippen LogP contribution in [0.1, 0.15) is 35.1 Å². The van der Waals surface area contributed by atoms with Gasteiger partial charge in [-0.25, -0.2) is 0 Å². The maximum Gasteiger partial charge on any atom is 0.305 e. The molecule has 0 atom stereocenters. The quantitative estimate of drug-likeness (QED) is 0.126. The van der Waals surface area contributed by atoms with Crippen molar-refractivity contribution < 1.29 is 19.4 Å². The topological polar surface area (TPSA) is 108 Å². The fourth-order valence-corrected chi connectivity index (χ4v) is 5.85. The zero-order valence-corrected chi connectivity index (χ0v) is 30.6. The maximum atomic E-state index is 12.2. The number of methoxy groups -OCH3 is 1. The van der Waals surface area contributed by atoms with Gasteiger partial charge >= 0.3 is 11.9 Å². The Hall–Kier alpha value is -5.70. The van der Waals surface area contributed by atoms with Crippen molar-refractivity contribution >= 4 is 35.1 Å². The third-order valence-corrected chi connectivity index (χ3v) is 9.02. The lowest BCUT2D eigenvalue weighted by atomic mass is 10.0. The molecule has 0 aliphatic heterocycles. The van der Waals surface area contributed by atoms with Crippen molar-refractivity contribution in [2.24, 2.45) is 0 Å². The third kappa shape index (κ3) is 11.7. The van der Waals surface area contributed by atoms with Gasteiger partial charge in [0, 0.05) is 47.4 Å². The number of halogens is 2. The van der Waals surface area contributed by atoms with Crippen molar-refractivity contribution in [2.75, 3.05) is 7.11 Å². The molecule has 0 aliphatic carbocycles. The van der Waals surface area contributed by atoms with E-state index in [0.717, 1.165) is 44.5 Å². The van der Waals surface area contributed by atoms with E-state index in [1.54, 1.807) is 27.3 Å². The number of rotatable bonds is 12. The van der Waals surface area contributed by atoms with Gasteiger partial charge < -0.3 is 19.0 Å². The number of esters is 1. The van der Waals surface area contributed by atoms with Crippen LogP contribution in [0.25, 0.3) is 22.3 Å². The third-order valence-electron chi connectivity index (χ3n) is 8.52. The van der Waals surface area contributed by atoms with E-state index in [1.165, 1.54) is 7.11 Å². The Labute approximate surface area is 317 Å². The highest BCUT2D eigenvalue weighted by Crippen LogP contribution is 2.22. The van der Waals surface area contributed by atoms with Crippen LogP contribution >= 0.6 is 23.2 Å². The van der Waals surface area contributed by atoms with E-state index < -0.39 is 5.97 Å². The van der Waals surface area contributed by atoms with Crippen LogP contribution in [-0.4, -0.2) is 33.3 Å².